The van der Waals surface area contributed by atoms with Crippen LogP contribution < -0.4 is 4.72 Å². The van der Waals surface area contributed by atoms with Gasteiger partial charge in [0.05, 0.1) is 4.34 Å². The van der Waals surface area contributed by atoms with Crippen molar-refractivity contribution in [2.45, 2.75) is 11.1 Å². The van der Waals surface area contributed by atoms with Crippen LogP contribution in [0.15, 0.2) is 22.9 Å². The van der Waals surface area contributed by atoms with Crippen LogP contribution >= 0.6 is 22.9 Å². The van der Waals surface area contributed by atoms with Crippen LogP contribution in [-0.2, 0) is 10.0 Å². The van der Waals surface area contributed by atoms with Gasteiger partial charge in [0.15, 0.2) is 0 Å². The van der Waals surface area contributed by atoms with Crippen LogP contribution in [-0.4, -0.2) is 15.0 Å². The molecule has 0 fully saturated rings. The molecule has 0 aliphatic rings. The van der Waals surface area contributed by atoms with Gasteiger partial charge in [0.2, 0.25) is 10.0 Å². The van der Waals surface area contributed by atoms with Crippen molar-refractivity contribution in [2.24, 2.45) is 0 Å². The third-order valence-electron chi connectivity index (χ3n) is 1.52. The lowest BCUT2D eigenvalue weighted by Crippen LogP contribution is -2.22. The molecule has 14 heavy (non-hydrogen) atoms. The highest BCUT2D eigenvalue weighted by Gasteiger charge is 2.16. The number of hydrogen-bond acceptors (Lipinski definition) is 3. The van der Waals surface area contributed by atoms with Gasteiger partial charge in [-0.2, -0.15) is 0 Å². The molecule has 1 heterocycles. The molecule has 0 radical (unpaired) electrons. The Morgan fingerprint density at radius 3 is 2.79 bits per heavy atom. The van der Waals surface area contributed by atoms with E-state index in [1.807, 2.05) is 0 Å². The van der Waals surface area contributed by atoms with Crippen LogP contribution in [0.1, 0.15) is 5.56 Å². The van der Waals surface area contributed by atoms with Crippen molar-refractivity contribution in [2.75, 3.05) is 6.54 Å². The lowest BCUT2D eigenvalue weighted by Gasteiger charge is -1.99. The Morgan fingerprint density at radius 1 is 1.71 bits per heavy atom. The summed E-state index contributed by atoms with van der Waals surface area (Å²) in [5.74, 6) is 0. The first-order valence-corrected chi connectivity index (χ1v) is 6.51. The summed E-state index contributed by atoms with van der Waals surface area (Å²) in [7, 11) is -3.41. The fraction of sp³-hybridized carbons (Fsp3) is 0.250. The molecule has 0 saturated carbocycles. The Balaban J connectivity index is 2.98. The average Bonchev–Trinajstić information content (AvgIpc) is 2.45. The van der Waals surface area contributed by atoms with Gasteiger partial charge in [0, 0.05) is 6.54 Å². The molecule has 0 bridgehead atoms. The highest BCUT2D eigenvalue weighted by atomic mass is 35.5. The molecule has 1 aromatic rings. The van der Waals surface area contributed by atoms with Crippen LogP contribution in [0.5, 0.6) is 0 Å². The molecular weight excluding hydrogens is 242 g/mol. The standard InChI is InChI=1S/C8H10ClNO2S2/c1-3-4-10-14(11,12)7-5-6(2)8(9)13-7/h3,5,10H,1,4H2,2H3. The maximum atomic E-state index is 11.5. The molecular formula is C8H10ClNO2S2. The summed E-state index contributed by atoms with van der Waals surface area (Å²) < 4.78 is 26.2. The average molecular weight is 252 g/mol. The molecule has 3 nitrogen and oxygen atoms in total. The minimum absolute atomic E-state index is 0.219. The highest BCUT2D eigenvalue weighted by Crippen LogP contribution is 2.29. The normalized spacial score (nSPS) is 11.6. The van der Waals surface area contributed by atoms with Gasteiger partial charge in [0.25, 0.3) is 0 Å². The van der Waals surface area contributed by atoms with E-state index in [9.17, 15) is 8.42 Å². The Bertz CT molecular complexity index is 417. The molecule has 0 spiro atoms. The summed E-state index contributed by atoms with van der Waals surface area (Å²) >= 11 is 6.83. The molecule has 0 atom stereocenters. The lowest BCUT2D eigenvalue weighted by molar-refractivity contribution is 0.587. The van der Waals surface area contributed by atoms with E-state index >= 15 is 0 Å². The Kier molecular flexibility index (Phi) is 3.71. The van der Waals surface area contributed by atoms with Gasteiger partial charge in [0.1, 0.15) is 4.21 Å². The van der Waals surface area contributed by atoms with E-state index in [4.69, 9.17) is 11.6 Å². The number of hydrogen-bond donors (Lipinski definition) is 1. The summed E-state index contributed by atoms with van der Waals surface area (Å²) in [6.45, 7) is 5.42. The maximum Gasteiger partial charge on any atom is 0.250 e. The molecule has 0 aliphatic carbocycles. The topological polar surface area (TPSA) is 46.2 Å². The molecule has 0 aromatic carbocycles. The van der Waals surface area contributed by atoms with Gasteiger partial charge in [-0.1, -0.05) is 17.7 Å². The van der Waals surface area contributed by atoms with Crippen LogP contribution in [0.25, 0.3) is 0 Å². The fourth-order valence-electron chi connectivity index (χ4n) is 0.804. The van der Waals surface area contributed by atoms with E-state index in [1.165, 1.54) is 6.08 Å². The van der Waals surface area contributed by atoms with Crippen molar-refractivity contribution in [1.82, 2.24) is 4.72 Å². The molecule has 1 rings (SSSR count). The zero-order chi connectivity index (χ0) is 10.8. The zero-order valence-corrected chi connectivity index (χ0v) is 9.97. The van der Waals surface area contributed by atoms with Crippen molar-refractivity contribution >= 4 is 33.0 Å². The predicted molar refractivity (Wildman–Crippen MR) is 59.5 cm³/mol. The first-order valence-electron chi connectivity index (χ1n) is 3.84. The van der Waals surface area contributed by atoms with Gasteiger partial charge in [-0.05, 0) is 18.6 Å². The minimum Gasteiger partial charge on any atom is -0.207 e. The van der Waals surface area contributed by atoms with Gasteiger partial charge >= 0.3 is 0 Å². The largest absolute Gasteiger partial charge is 0.250 e. The SMILES string of the molecule is C=CCNS(=O)(=O)c1cc(C)c(Cl)s1. The summed E-state index contributed by atoms with van der Waals surface area (Å²) in [6.07, 6.45) is 1.49. The first kappa shape index (κ1) is 11.7. The van der Waals surface area contributed by atoms with E-state index in [0.29, 0.717) is 4.34 Å². The quantitative estimate of drug-likeness (QED) is 0.834. The highest BCUT2D eigenvalue weighted by molar-refractivity contribution is 7.91. The molecule has 1 N–H and O–H groups in total. The number of rotatable bonds is 4. The van der Waals surface area contributed by atoms with Gasteiger partial charge in [-0.3, -0.25) is 0 Å². The fourth-order valence-corrected chi connectivity index (χ4v) is 3.55. The molecule has 6 heteroatoms. The van der Waals surface area contributed by atoms with Crippen molar-refractivity contribution in [1.29, 1.82) is 0 Å². The summed E-state index contributed by atoms with van der Waals surface area (Å²) in [4.78, 5) is 0. The third-order valence-corrected chi connectivity index (χ3v) is 4.97. The molecule has 1 aromatic heterocycles. The summed E-state index contributed by atoms with van der Waals surface area (Å²) in [5.41, 5.74) is 0.774. The number of nitrogens with one attached hydrogen (secondary N) is 1. The van der Waals surface area contributed by atoms with Gasteiger partial charge in [-0.25, -0.2) is 13.1 Å². The molecule has 78 valence electrons. The molecule has 0 saturated heterocycles. The molecule has 0 aliphatic heterocycles. The Hall–Kier alpha value is -0.360. The van der Waals surface area contributed by atoms with Gasteiger partial charge < -0.3 is 0 Å². The van der Waals surface area contributed by atoms with Gasteiger partial charge in [-0.15, -0.1) is 17.9 Å². The number of halogens is 1. The molecule has 0 amide bonds. The summed E-state index contributed by atoms with van der Waals surface area (Å²) in [5, 5.41) is 0. The molecule has 0 unspecified atom stereocenters. The van der Waals surface area contributed by atoms with Crippen LogP contribution in [0.2, 0.25) is 4.34 Å². The van der Waals surface area contributed by atoms with Crippen LogP contribution in [0, 0.1) is 6.92 Å². The van der Waals surface area contributed by atoms with Crippen LogP contribution in [0.3, 0.4) is 0 Å². The smallest absolute Gasteiger partial charge is 0.207 e. The van der Waals surface area contributed by atoms with Crippen molar-refractivity contribution < 1.29 is 8.42 Å². The van der Waals surface area contributed by atoms with Crippen molar-refractivity contribution in [3.05, 3.63) is 28.6 Å². The van der Waals surface area contributed by atoms with E-state index in [0.717, 1.165) is 16.9 Å². The van der Waals surface area contributed by atoms with Crippen LogP contribution in [0.4, 0.5) is 0 Å². The predicted octanol–water partition coefficient (Wildman–Crippen LogP) is 2.17. The number of sulfonamides is 1. The van der Waals surface area contributed by atoms with E-state index in [2.05, 4.69) is 11.3 Å². The van der Waals surface area contributed by atoms with E-state index in [-0.39, 0.29) is 10.8 Å². The maximum absolute atomic E-state index is 11.5. The summed E-state index contributed by atoms with van der Waals surface area (Å²) in [6, 6.07) is 1.55. The zero-order valence-electron chi connectivity index (χ0n) is 7.58. The number of thiophene rings is 1. The second kappa shape index (κ2) is 4.44. The van der Waals surface area contributed by atoms with Crippen molar-refractivity contribution in [3.8, 4) is 0 Å². The monoisotopic (exact) mass is 251 g/mol. The second-order valence-corrected chi connectivity index (χ2v) is 6.31. The van der Waals surface area contributed by atoms with E-state index < -0.39 is 10.0 Å². The lowest BCUT2D eigenvalue weighted by atomic mass is 10.4. The van der Waals surface area contributed by atoms with E-state index in [1.54, 1.807) is 13.0 Å². The number of aryl methyl sites for hydroxylation is 1. The minimum atomic E-state index is -3.41. The Labute approximate surface area is 92.5 Å². The third kappa shape index (κ3) is 2.57. The second-order valence-electron chi connectivity index (χ2n) is 2.66. The first-order chi connectivity index (χ1) is 6.47. The Morgan fingerprint density at radius 2 is 2.36 bits per heavy atom. The van der Waals surface area contributed by atoms with Crippen molar-refractivity contribution in [3.63, 3.8) is 0 Å².